The summed E-state index contributed by atoms with van der Waals surface area (Å²) < 4.78 is 43.7. The quantitative estimate of drug-likeness (QED) is 0.462. The molecular weight excluding hydrogens is 449 g/mol. The maximum absolute atomic E-state index is 13.6. The van der Waals surface area contributed by atoms with Crippen LogP contribution >= 0.6 is 0 Å². The number of carbonyl (C=O) groups excluding carboxylic acids is 2. The number of primary amides is 1. The van der Waals surface area contributed by atoms with Crippen LogP contribution in [0.15, 0.2) is 61.1 Å². The Bertz CT molecular complexity index is 1400. The zero-order valence-corrected chi connectivity index (χ0v) is 18.1. The molecule has 174 valence electrons. The van der Waals surface area contributed by atoms with E-state index >= 15 is 0 Å². The minimum atomic E-state index is -4.64. The highest BCUT2D eigenvalue weighted by atomic mass is 19.4. The second-order valence-corrected chi connectivity index (χ2v) is 7.65. The third kappa shape index (κ3) is 4.53. The first-order valence-corrected chi connectivity index (χ1v) is 10.0. The zero-order valence-electron chi connectivity index (χ0n) is 18.1. The number of amides is 2. The van der Waals surface area contributed by atoms with Gasteiger partial charge in [0.05, 0.1) is 28.8 Å². The van der Waals surface area contributed by atoms with Crippen molar-refractivity contribution in [3.8, 4) is 16.9 Å². The fraction of sp³-hybridized carbons (Fsp3) is 0.130. The lowest BCUT2D eigenvalue weighted by Crippen LogP contribution is -2.17. The van der Waals surface area contributed by atoms with Gasteiger partial charge in [-0.2, -0.15) is 23.4 Å². The van der Waals surface area contributed by atoms with Crippen molar-refractivity contribution in [3.05, 3.63) is 83.3 Å². The van der Waals surface area contributed by atoms with Crippen molar-refractivity contribution in [2.45, 2.75) is 13.1 Å². The molecule has 34 heavy (non-hydrogen) atoms. The topological polar surface area (TPSA) is 108 Å². The Hall–Kier alpha value is -4.41. The Morgan fingerprint density at radius 1 is 1.06 bits per heavy atom. The molecule has 2 heterocycles. The molecule has 0 saturated carbocycles. The number of nitrogens with zero attached hydrogens (tertiary/aromatic N) is 4. The minimum absolute atomic E-state index is 0.0271. The van der Waals surface area contributed by atoms with Crippen molar-refractivity contribution in [1.82, 2.24) is 19.6 Å². The lowest BCUT2D eigenvalue weighted by Gasteiger charge is -2.15. The van der Waals surface area contributed by atoms with E-state index in [1.165, 1.54) is 33.8 Å². The summed E-state index contributed by atoms with van der Waals surface area (Å²) >= 11 is 0. The molecular formula is C23H19F3N6O2. The second-order valence-electron chi connectivity index (χ2n) is 7.65. The Morgan fingerprint density at radius 2 is 1.79 bits per heavy atom. The van der Waals surface area contributed by atoms with E-state index in [4.69, 9.17) is 5.73 Å². The van der Waals surface area contributed by atoms with E-state index in [9.17, 15) is 22.8 Å². The third-order valence-electron chi connectivity index (χ3n) is 5.06. The lowest BCUT2D eigenvalue weighted by molar-refractivity contribution is -0.137. The first-order valence-electron chi connectivity index (χ1n) is 10.0. The molecule has 0 unspecified atom stereocenters. The van der Waals surface area contributed by atoms with Gasteiger partial charge in [-0.05, 0) is 55.0 Å². The van der Waals surface area contributed by atoms with Crippen molar-refractivity contribution < 1.29 is 22.8 Å². The molecule has 0 aliphatic heterocycles. The molecule has 0 bridgehead atoms. The van der Waals surface area contributed by atoms with Crippen LogP contribution < -0.4 is 11.1 Å². The van der Waals surface area contributed by atoms with Gasteiger partial charge in [-0.25, -0.2) is 4.68 Å². The summed E-state index contributed by atoms with van der Waals surface area (Å²) in [6.07, 6.45) is 0.202. The van der Waals surface area contributed by atoms with Gasteiger partial charge in [0.2, 0.25) is 5.91 Å². The monoisotopic (exact) mass is 468 g/mol. The molecule has 0 spiro atoms. The highest BCUT2D eigenvalue weighted by Gasteiger charge is 2.34. The summed E-state index contributed by atoms with van der Waals surface area (Å²) in [5, 5.41) is 10.9. The molecule has 2 amide bonds. The third-order valence-corrected chi connectivity index (χ3v) is 5.06. The van der Waals surface area contributed by atoms with E-state index < -0.39 is 23.6 Å². The van der Waals surface area contributed by atoms with Gasteiger partial charge in [-0.1, -0.05) is 0 Å². The molecule has 3 N–H and O–H groups in total. The zero-order chi connectivity index (χ0) is 24.6. The van der Waals surface area contributed by atoms with Gasteiger partial charge >= 0.3 is 6.18 Å². The maximum atomic E-state index is 13.6. The van der Waals surface area contributed by atoms with E-state index in [0.29, 0.717) is 5.69 Å². The summed E-state index contributed by atoms with van der Waals surface area (Å²) in [6.45, 7) is 1.83. The number of aromatic nitrogens is 4. The number of aryl methyl sites for hydroxylation is 2. The highest BCUT2D eigenvalue weighted by molar-refractivity contribution is 6.07. The van der Waals surface area contributed by atoms with Crippen molar-refractivity contribution >= 4 is 17.5 Å². The number of rotatable bonds is 5. The summed E-state index contributed by atoms with van der Waals surface area (Å²) in [5.41, 5.74) is 5.95. The van der Waals surface area contributed by atoms with Crippen LogP contribution in [0.4, 0.5) is 18.9 Å². The SMILES string of the molecule is Cc1cnn(-c2ccc(C(N)=O)cc2NC(=O)c2ccc(C(F)(F)F)c(-c3ccn(C)n3)c2)c1. The summed E-state index contributed by atoms with van der Waals surface area (Å²) in [6, 6.07) is 8.93. The van der Waals surface area contributed by atoms with Gasteiger partial charge in [0, 0.05) is 36.1 Å². The molecule has 0 fully saturated rings. The molecule has 0 aliphatic rings. The summed E-state index contributed by atoms with van der Waals surface area (Å²) in [5.74, 6) is -1.39. The van der Waals surface area contributed by atoms with Crippen LogP contribution in [0.3, 0.4) is 0 Å². The number of anilines is 1. The normalized spacial score (nSPS) is 11.4. The molecule has 2 aromatic heterocycles. The van der Waals surface area contributed by atoms with Crippen molar-refractivity contribution in [3.63, 3.8) is 0 Å². The number of benzene rings is 2. The highest BCUT2D eigenvalue weighted by Crippen LogP contribution is 2.37. The Morgan fingerprint density at radius 3 is 2.38 bits per heavy atom. The summed E-state index contributed by atoms with van der Waals surface area (Å²) in [7, 11) is 1.58. The smallest absolute Gasteiger partial charge is 0.366 e. The number of hydrogen-bond donors (Lipinski definition) is 2. The number of nitrogens with one attached hydrogen (secondary N) is 1. The van der Waals surface area contributed by atoms with E-state index in [-0.39, 0.29) is 28.1 Å². The number of alkyl halides is 3. The van der Waals surface area contributed by atoms with Crippen LogP contribution in [0, 0.1) is 6.92 Å². The van der Waals surface area contributed by atoms with Crippen LogP contribution in [-0.2, 0) is 13.2 Å². The van der Waals surface area contributed by atoms with Gasteiger partial charge in [0.1, 0.15) is 0 Å². The van der Waals surface area contributed by atoms with Crippen LogP contribution in [-0.4, -0.2) is 31.4 Å². The molecule has 2 aromatic carbocycles. The predicted molar refractivity (Wildman–Crippen MR) is 118 cm³/mol. The maximum Gasteiger partial charge on any atom is 0.417 e. The lowest BCUT2D eigenvalue weighted by atomic mass is 10.0. The number of halogens is 3. The fourth-order valence-electron chi connectivity index (χ4n) is 3.43. The largest absolute Gasteiger partial charge is 0.417 e. The van der Waals surface area contributed by atoms with Crippen LogP contribution in [0.2, 0.25) is 0 Å². The minimum Gasteiger partial charge on any atom is -0.366 e. The van der Waals surface area contributed by atoms with E-state index in [1.807, 2.05) is 6.92 Å². The Balaban J connectivity index is 1.76. The number of hydrogen-bond acceptors (Lipinski definition) is 4. The molecule has 0 radical (unpaired) electrons. The number of carbonyl (C=O) groups is 2. The van der Waals surface area contributed by atoms with Gasteiger partial charge in [0.25, 0.3) is 5.91 Å². The van der Waals surface area contributed by atoms with Gasteiger partial charge in [-0.3, -0.25) is 14.3 Å². The van der Waals surface area contributed by atoms with Gasteiger partial charge < -0.3 is 11.1 Å². The van der Waals surface area contributed by atoms with Crippen LogP contribution in [0.1, 0.15) is 31.8 Å². The van der Waals surface area contributed by atoms with Crippen molar-refractivity contribution in [1.29, 1.82) is 0 Å². The number of nitrogens with two attached hydrogens (primary N) is 1. The van der Waals surface area contributed by atoms with E-state index in [1.54, 1.807) is 25.5 Å². The molecule has 4 aromatic rings. The predicted octanol–water partition coefficient (Wildman–Crippen LogP) is 3.95. The van der Waals surface area contributed by atoms with Crippen LogP contribution in [0.5, 0.6) is 0 Å². The molecule has 11 heteroatoms. The van der Waals surface area contributed by atoms with Crippen molar-refractivity contribution in [2.24, 2.45) is 12.8 Å². The molecule has 0 aliphatic carbocycles. The first kappa shape index (κ1) is 22.8. The summed E-state index contributed by atoms with van der Waals surface area (Å²) in [4.78, 5) is 24.7. The molecule has 0 saturated heterocycles. The van der Waals surface area contributed by atoms with E-state index in [0.717, 1.165) is 23.8 Å². The fourth-order valence-corrected chi connectivity index (χ4v) is 3.43. The second kappa shape index (κ2) is 8.50. The van der Waals surface area contributed by atoms with Crippen LogP contribution in [0.25, 0.3) is 16.9 Å². The van der Waals surface area contributed by atoms with Crippen molar-refractivity contribution in [2.75, 3.05) is 5.32 Å². The molecule has 0 atom stereocenters. The standard InChI is InChI=1S/C23H19F3N6O2/c1-13-11-28-32(12-13)20-6-4-14(21(27)33)10-19(20)29-22(34)15-3-5-17(23(24,25)26)16(9-15)18-7-8-31(2)30-18/h3-12H,1-2H3,(H2,27,33)(H,29,34). The Kier molecular flexibility index (Phi) is 5.70. The first-order chi connectivity index (χ1) is 16.0. The Labute approximate surface area is 191 Å². The average molecular weight is 468 g/mol. The molecule has 8 nitrogen and oxygen atoms in total. The van der Waals surface area contributed by atoms with E-state index in [2.05, 4.69) is 15.5 Å². The van der Waals surface area contributed by atoms with Gasteiger partial charge in [0.15, 0.2) is 0 Å². The van der Waals surface area contributed by atoms with Gasteiger partial charge in [-0.15, -0.1) is 0 Å². The average Bonchev–Trinajstić information content (AvgIpc) is 3.40. The molecule has 4 rings (SSSR count).